The van der Waals surface area contributed by atoms with Crippen molar-refractivity contribution in [2.75, 3.05) is 0 Å². The van der Waals surface area contributed by atoms with Crippen molar-refractivity contribution in [1.82, 2.24) is 4.98 Å². The molecule has 4 aliphatic rings. The Morgan fingerprint density at radius 3 is 2.11 bits per heavy atom. The van der Waals surface area contributed by atoms with E-state index >= 15 is 0 Å². The predicted molar refractivity (Wildman–Crippen MR) is 244 cm³/mol. The van der Waals surface area contributed by atoms with E-state index in [4.69, 9.17) is 23.6 Å². The number of nitrogens with zero attached hydrogens (tertiary/aromatic N) is 1. The summed E-state index contributed by atoms with van der Waals surface area (Å²) in [6.07, 6.45) is 20.0. The summed E-state index contributed by atoms with van der Waals surface area (Å²) in [5.41, 5.74) is 4.19. The third-order valence-corrected chi connectivity index (χ3v) is 14.4. The van der Waals surface area contributed by atoms with Gasteiger partial charge in [-0.1, -0.05) is 112 Å². The number of hydrogen-bond donors (Lipinski definition) is 0. The molecule has 0 aliphatic heterocycles. The molecule has 3 aromatic carbocycles. The number of unbranched alkanes of at least 4 members (excludes halogenated alkanes) is 1. The summed E-state index contributed by atoms with van der Waals surface area (Å²) < 4.78 is 24.8. The van der Waals surface area contributed by atoms with Gasteiger partial charge in [0.2, 0.25) is 5.89 Å². The van der Waals surface area contributed by atoms with Gasteiger partial charge in [0.25, 0.3) is 0 Å². The monoisotopic (exact) mass is 847 g/mol. The molecule has 0 unspecified atom stereocenters. The van der Waals surface area contributed by atoms with E-state index in [2.05, 4.69) is 51.7 Å². The van der Waals surface area contributed by atoms with Crippen molar-refractivity contribution < 1.29 is 33.0 Å². The fourth-order valence-corrected chi connectivity index (χ4v) is 10.6. The fraction of sp³-hybridized carbons (Fsp3) is 0.418. The number of allylic oxidation sites excluding steroid dienone is 4. The average Bonchev–Trinajstić information content (AvgIpc) is 3.82. The summed E-state index contributed by atoms with van der Waals surface area (Å²) in [4.78, 5) is 44.8. The van der Waals surface area contributed by atoms with Crippen molar-refractivity contribution in [3.05, 3.63) is 173 Å². The van der Waals surface area contributed by atoms with Gasteiger partial charge < -0.3 is 18.6 Å². The van der Waals surface area contributed by atoms with E-state index in [1.165, 1.54) is 5.57 Å². The van der Waals surface area contributed by atoms with Crippen LogP contribution < -0.4 is 0 Å². The number of hydrogen-bond acceptors (Lipinski definition) is 8. The van der Waals surface area contributed by atoms with Crippen LogP contribution in [0.5, 0.6) is 0 Å². The first-order valence-corrected chi connectivity index (χ1v) is 23.1. The molecular weight excluding hydrogens is 787 g/mol. The Bertz CT molecular complexity index is 2340. The van der Waals surface area contributed by atoms with Crippen molar-refractivity contribution in [2.45, 2.75) is 122 Å². The van der Waals surface area contributed by atoms with Crippen LogP contribution in [-0.2, 0) is 26.0 Å². The van der Waals surface area contributed by atoms with E-state index in [9.17, 15) is 14.4 Å². The molecule has 0 N–H and O–H groups in total. The maximum atomic E-state index is 13.6. The van der Waals surface area contributed by atoms with Crippen molar-refractivity contribution in [3.63, 3.8) is 0 Å². The van der Waals surface area contributed by atoms with Gasteiger partial charge in [-0.25, -0.2) is 19.4 Å². The Morgan fingerprint density at radius 2 is 1.48 bits per heavy atom. The highest BCUT2D eigenvalue weighted by atomic mass is 16.6. The second kappa shape index (κ2) is 19.3. The lowest BCUT2D eigenvalue weighted by Crippen LogP contribution is -2.36. The lowest BCUT2D eigenvalue weighted by Gasteiger charge is -2.44. The summed E-state index contributed by atoms with van der Waals surface area (Å²) >= 11 is 0. The van der Waals surface area contributed by atoms with Crippen LogP contribution >= 0.6 is 0 Å². The molecule has 0 amide bonds. The van der Waals surface area contributed by atoms with Crippen LogP contribution in [-0.4, -0.2) is 41.2 Å². The van der Waals surface area contributed by atoms with Crippen LogP contribution in [0.3, 0.4) is 0 Å². The minimum absolute atomic E-state index is 0.0850. The van der Waals surface area contributed by atoms with Gasteiger partial charge in [-0.15, -0.1) is 0 Å². The number of rotatable bonds is 15. The van der Waals surface area contributed by atoms with Gasteiger partial charge in [0.1, 0.15) is 24.1 Å². The highest BCUT2D eigenvalue weighted by Gasteiger charge is 2.56. The molecule has 4 aromatic rings. The Kier molecular flexibility index (Phi) is 13.5. The van der Waals surface area contributed by atoms with E-state index in [1.807, 2.05) is 60.8 Å². The summed E-state index contributed by atoms with van der Waals surface area (Å²) in [6.45, 7) is 11.4. The molecule has 8 heteroatoms. The molecule has 0 radical (unpaired) electrons. The van der Waals surface area contributed by atoms with Gasteiger partial charge in [-0.3, -0.25) is 0 Å². The lowest BCUT2D eigenvalue weighted by molar-refractivity contribution is 0.00211. The molecule has 4 fully saturated rings. The summed E-state index contributed by atoms with van der Waals surface area (Å²) in [5.74, 6) is 1.48. The zero-order valence-corrected chi connectivity index (χ0v) is 37.0. The second-order valence-corrected chi connectivity index (χ2v) is 18.5. The van der Waals surface area contributed by atoms with Gasteiger partial charge in [0, 0.05) is 19.3 Å². The first kappa shape index (κ1) is 43.9. The predicted octanol–water partition coefficient (Wildman–Crippen LogP) is 12.3. The van der Waals surface area contributed by atoms with E-state index in [1.54, 1.807) is 36.4 Å². The van der Waals surface area contributed by atoms with Gasteiger partial charge in [0.05, 0.1) is 28.3 Å². The summed E-state index contributed by atoms with van der Waals surface area (Å²) in [5, 5.41) is 0. The minimum Gasteiger partial charge on any atom is -0.458 e. The van der Waals surface area contributed by atoms with Crippen molar-refractivity contribution in [2.24, 2.45) is 23.2 Å². The zero-order valence-electron chi connectivity index (χ0n) is 37.0. The fourth-order valence-electron chi connectivity index (χ4n) is 10.6. The number of esters is 3. The molecule has 1 aromatic heterocycles. The van der Waals surface area contributed by atoms with E-state index in [0.717, 1.165) is 81.1 Å². The van der Waals surface area contributed by atoms with E-state index < -0.39 is 35.7 Å². The topological polar surface area (TPSA) is 105 Å². The van der Waals surface area contributed by atoms with Crippen molar-refractivity contribution in [1.29, 1.82) is 0 Å². The smallest absolute Gasteiger partial charge is 0.338 e. The number of ether oxygens (including phenoxy) is 3. The maximum Gasteiger partial charge on any atom is 0.338 e. The number of benzene rings is 3. The number of carbonyl (C=O) groups excluding carboxylic acids is 3. The van der Waals surface area contributed by atoms with Crippen LogP contribution in [0.4, 0.5) is 0 Å². The molecular formula is C55H61NO7. The third kappa shape index (κ3) is 9.75. The van der Waals surface area contributed by atoms with E-state index in [-0.39, 0.29) is 17.3 Å². The Morgan fingerprint density at radius 1 is 0.841 bits per heavy atom. The summed E-state index contributed by atoms with van der Waals surface area (Å²) in [6, 6.07) is 27.1. The number of aromatic nitrogens is 1. The van der Waals surface area contributed by atoms with Crippen molar-refractivity contribution >= 4 is 17.9 Å². The maximum absolute atomic E-state index is 13.6. The number of carbonyl (C=O) groups is 3. The first-order valence-electron chi connectivity index (χ1n) is 23.1. The Labute approximate surface area is 372 Å². The zero-order chi connectivity index (χ0) is 44.0. The molecule has 8 nitrogen and oxygen atoms in total. The largest absolute Gasteiger partial charge is 0.458 e. The van der Waals surface area contributed by atoms with E-state index in [0.29, 0.717) is 47.3 Å². The Balaban J connectivity index is 1.01. The molecule has 63 heavy (non-hydrogen) atoms. The third-order valence-electron chi connectivity index (χ3n) is 14.4. The molecule has 0 saturated heterocycles. The molecule has 4 saturated carbocycles. The molecule has 1 heterocycles. The van der Waals surface area contributed by atoms with Crippen molar-refractivity contribution in [3.8, 4) is 0 Å². The molecule has 7 atom stereocenters. The lowest BCUT2D eigenvalue weighted by atomic mass is 9.61. The van der Waals surface area contributed by atoms with Gasteiger partial charge in [-0.05, 0) is 128 Å². The van der Waals surface area contributed by atoms with Crippen LogP contribution in [0.1, 0.15) is 134 Å². The number of oxazole rings is 1. The highest BCUT2D eigenvalue weighted by molar-refractivity contribution is 5.90. The van der Waals surface area contributed by atoms with Crippen LogP contribution in [0.25, 0.3) is 0 Å². The average molecular weight is 848 g/mol. The molecule has 4 aliphatic carbocycles. The van der Waals surface area contributed by atoms with Gasteiger partial charge in [0.15, 0.2) is 0 Å². The summed E-state index contributed by atoms with van der Waals surface area (Å²) in [7, 11) is 0. The van der Waals surface area contributed by atoms with Crippen LogP contribution in [0.2, 0.25) is 0 Å². The highest BCUT2D eigenvalue weighted by Crippen LogP contribution is 2.60. The Hall–Kier alpha value is -5.76. The SMILES string of the molecule is C=C1/C(=C\C=C2/CCC[C@]3(C)[C@@H]([C@H](C)/C=C/[C@H](OC(=O)c4ccccc4)C4(c5ncc(CCCC)o5)CC4)CC[C@@H]23)C[C@@H](OC(=O)c2ccccc2)C[C@@H]1OC(=O)c1ccccc1. The second-order valence-electron chi connectivity index (χ2n) is 18.5. The molecule has 0 spiro atoms. The minimum atomic E-state index is -0.637. The quantitative estimate of drug-likeness (QED) is 0.0662. The standard InChI is InChI=1S/C55H61NO7/c1-5-6-24-44-36-56-53(61-44)55(32-33-55)49(63-52(59)42-21-14-9-15-22-42)30-25-37(2)46-28-29-47-39(23-16-31-54(46,47)4)26-27-43-34-45(60-50(57)40-17-10-7-11-18-40)35-48(38(43)3)62-51(58)41-19-12-8-13-20-41/h7-15,17-22,25-27,30,36-37,45-49H,3,5-6,16,23-24,28-29,31-35H2,1-2,4H3/b30-25+,39-26+,43-27-/t37-,45-,46-,47+,48+,49+,54-/m1/s1. The van der Waals surface area contributed by atoms with Crippen LogP contribution in [0.15, 0.2) is 149 Å². The normalized spacial score (nSPS) is 26.2. The molecule has 328 valence electrons. The van der Waals surface area contributed by atoms with Gasteiger partial charge >= 0.3 is 17.9 Å². The number of fused-ring (bicyclic) bond motifs is 1. The first-order chi connectivity index (χ1) is 30.6. The molecule has 8 rings (SSSR count). The van der Waals surface area contributed by atoms with Gasteiger partial charge in [-0.2, -0.15) is 0 Å². The number of aryl methyl sites for hydroxylation is 1. The molecule has 0 bridgehead atoms. The van der Waals surface area contributed by atoms with Crippen LogP contribution in [0, 0.1) is 23.2 Å².